The lowest BCUT2D eigenvalue weighted by Crippen LogP contribution is -2.54. The Labute approximate surface area is 245 Å². The van der Waals surface area contributed by atoms with E-state index in [9.17, 15) is 14.7 Å². The van der Waals surface area contributed by atoms with E-state index in [0.29, 0.717) is 13.0 Å². The molecule has 224 valence electrons. The number of para-hydroxylation sites is 1. The highest BCUT2D eigenvalue weighted by atomic mass is 16.6. The lowest BCUT2D eigenvalue weighted by Gasteiger charge is -2.43. The monoisotopic (exact) mass is 564 g/mol. The SMILES string of the molecule is CCCCCN(C(=O)CCOC(=O)N(c1ccccc1-c1ccccc1)N1CCCCC1)N1CCCCC1CCO. The van der Waals surface area contributed by atoms with E-state index < -0.39 is 6.09 Å². The van der Waals surface area contributed by atoms with Gasteiger partial charge in [-0.05, 0) is 50.2 Å². The number of amides is 2. The molecule has 1 unspecified atom stereocenters. The first kappa shape index (κ1) is 31.0. The van der Waals surface area contributed by atoms with Crippen LogP contribution in [0.25, 0.3) is 11.1 Å². The molecule has 0 bridgehead atoms. The van der Waals surface area contributed by atoms with Gasteiger partial charge in [0, 0.05) is 44.4 Å². The van der Waals surface area contributed by atoms with Crippen LogP contribution in [0, 0.1) is 0 Å². The Morgan fingerprint density at radius 1 is 0.927 bits per heavy atom. The van der Waals surface area contributed by atoms with Crippen LogP contribution in [0.4, 0.5) is 10.5 Å². The molecule has 0 aromatic heterocycles. The third-order valence-electron chi connectivity index (χ3n) is 8.18. The van der Waals surface area contributed by atoms with Gasteiger partial charge >= 0.3 is 6.09 Å². The molecule has 2 amide bonds. The fraction of sp³-hybridized carbons (Fsp3) is 0.576. The standard InChI is InChI=1S/C33H48N4O4/c1-2-3-11-25-36(35-24-14-10-17-29(35)20-26-38)32(39)21-27-41-33(40)37(34-22-12-5-13-23-34)31-19-9-8-18-30(31)28-15-6-4-7-16-28/h4,6-9,15-16,18-19,29,38H,2-3,5,10-14,17,20-27H2,1H3. The number of hydrazine groups is 2. The summed E-state index contributed by atoms with van der Waals surface area (Å²) in [6.45, 7) is 5.34. The number of ether oxygens (including phenoxy) is 1. The first-order valence-electron chi connectivity index (χ1n) is 15.7. The number of anilines is 1. The van der Waals surface area contributed by atoms with E-state index in [1.54, 1.807) is 5.01 Å². The van der Waals surface area contributed by atoms with Crippen molar-refractivity contribution in [3.63, 3.8) is 0 Å². The number of piperidine rings is 2. The van der Waals surface area contributed by atoms with Crippen molar-refractivity contribution in [1.82, 2.24) is 15.0 Å². The van der Waals surface area contributed by atoms with Crippen molar-refractivity contribution in [1.29, 1.82) is 0 Å². The first-order chi connectivity index (χ1) is 20.1. The van der Waals surface area contributed by atoms with E-state index in [2.05, 4.69) is 29.1 Å². The van der Waals surface area contributed by atoms with Gasteiger partial charge in [0.15, 0.2) is 0 Å². The Morgan fingerprint density at radius 3 is 2.41 bits per heavy atom. The fourth-order valence-electron chi connectivity index (χ4n) is 6.03. The van der Waals surface area contributed by atoms with Gasteiger partial charge in [-0.3, -0.25) is 9.80 Å². The average Bonchev–Trinajstić information content (AvgIpc) is 3.01. The van der Waals surface area contributed by atoms with Crippen LogP contribution in [0.1, 0.15) is 77.6 Å². The van der Waals surface area contributed by atoms with Crippen LogP contribution in [0.15, 0.2) is 54.6 Å². The molecule has 8 heteroatoms. The molecule has 2 aliphatic heterocycles. The lowest BCUT2D eigenvalue weighted by atomic mass is 10.0. The second-order valence-corrected chi connectivity index (χ2v) is 11.1. The smallest absolute Gasteiger partial charge is 0.429 e. The maximum Gasteiger partial charge on any atom is 0.429 e. The Balaban J connectivity index is 1.47. The Bertz CT molecular complexity index is 1070. The summed E-state index contributed by atoms with van der Waals surface area (Å²) < 4.78 is 5.85. The number of carbonyl (C=O) groups excluding carboxylic acids is 2. The van der Waals surface area contributed by atoms with Crippen molar-refractivity contribution in [2.45, 2.75) is 83.6 Å². The molecule has 1 N–H and O–H groups in total. The van der Waals surface area contributed by atoms with E-state index in [0.717, 1.165) is 94.2 Å². The minimum atomic E-state index is -0.447. The Hall–Kier alpha value is -2.94. The van der Waals surface area contributed by atoms with Crippen molar-refractivity contribution in [2.75, 3.05) is 44.4 Å². The van der Waals surface area contributed by atoms with Crippen molar-refractivity contribution in [3.8, 4) is 11.1 Å². The quantitative estimate of drug-likeness (QED) is 0.290. The molecule has 41 heavy (non-hydrogen) atoms. The zero-order valence-electron chi connectivity index (χ0n) is 24.8. The number of unbranched alkanes of at least 4 members (excludes halogenated alkanes) is 2. The van der Waals surface area contributed by atoms with Gasteiger partial charge in [-0.25, -0.2) is 19.8 Å². The van der Waals surface area contributed by atoms with Gasteiger partial charge in [0.05, 0.1) is 12.1 Å². The summed E-state index contributed by atoms with van der Waals surface area (Å²) >= 11 is 0. The van der Waals surface area contributed by atoms with Crippen LogP contribution in [-0.4, -0.2) is 77.6 Å². The highest BCUT2D eigenvalue weighted by Crippen LogP contribution is 2.33. The van der Waals surface area contributed by atoms with Crippen molar-refractivity contribution >= 4 is 17.7 Å². The van der Waals surface area contributed by atoms with E-state index >= 15 is 0 Å². The fourth-order valence-corrected chi connectivity index (χ4v) is 6.03. The summed E-state index contributed by atoms with van der Waals surface area (Å²) in [5, 5.41) is 17.5. The van der Waals surface area contributed by atoms with Crippen LogP contribution in [0.5, 0.6) is 0 Å². The summed E-state index contributed by atoms with van der Waals surface area (Å²) in [4.78, 5) is 27.3. The van der Waals surface area contributed by atoms with Crippen LogP contribution in [-0.2, 0) is 9.53 Å². The third kappa shape index (κ3) is 8.53. The van der Waals surface area contributed by atoms with Crippen LogP contribution in [0.3, 0.4) is 0 Å². The summed E-state index contributed by atoms with van der Waals surface area (Å²) in [5.41, 5.74) is 2.79. The lowest BCUT2D eigenvalue weighted by molar-refractivity contribution is -0.159. The second kappa shape index (κ2) is 16.5. The molecular weight excluding hydrogens is 516 g/mol. The minimum Gasteiger partial charge on any atom is -0.448 e. The number of nitrogens with zero attached hydrogens (tertiary/aromatic N) is 4. The predicted octanol–water partition coefficient (Wildman–Crippen LogP) is 6.26. The maximum atomic E-state index is 13.7. The largest absolute Gasteiger partial charge is 0.448 e. The Morgan fingerprint density at radius 2 is 1.66 bits per heavy atom. The molecule has 0 radical (unpaired) electrons. The molecule has 2 fully saturated rings. The van der Waals surface area contributed by atoms with Gasteiger partial charge in [-0.2, -0.15) is 0 Å². The summed E-state index contributed by atoms with van der Waals surface area (Å²) in [6, 6.07) is 18.2. The average molecular weight is 565 g/mol. The summed E-state index contributed by atoms with van der Waals surface area (Å²) in [5.74, 6) is -0.0204. The number of aliphatic hydroxyl groups is 1. The van der Waals surface area contributed by atoms with E-state index in [1.165, 1.54) is 0 Å². The normalized spacial score (nSPS) is 18.1. The van der Waals surface area contributed by atoms with Gasteiger partial charge in [0.25, 0.3) is 0 Å². The second-order valence-electron chi connectivity index (χ2n) is 11.1. The third-order valence-corrected chi connectivity index (χ3v) is 8.18. The number of hydrogen-bond donors (Lipinski definition) is 1. The van der Waals surface area contributed by atoms with Crippen molar-refractivity contribution < 1.29 is 19.4 Å². The number of hydrogen-bond acceptors (Lipinski definition) is 6. The molecule has 2 aromatic carbocycles. The molecule has 4 rings (SSSR count). The number of rotatable bonds is 13. The molecule has 0 saturated carbocycles. The summed E-state index contributed by atoms with van der Waals surface area (Å²) in [7, 11) is 0. The topological polar surface area (TPSA) is 76.6 Å². The first-order valence-corrected chi connectivity index (χ1v) is 15.7. The minimum absolute atomic E-state index is 0.0204. The van der Waals surface area contributed by atoms with Crippen LogP contribution < -0.4 is 5.01 Å². The zero-order chi connectivity index (χ0) is 28.9. The van der Waals surface area contributed by atoms with E-state index in [1.807, 2.05) is 47.5 Å². The van der Waals surface area contributed by atoms with E-state index in [4.69, 9.17) is 4.74 Å². The van der Waals surface area contributed by atoms with Gasteiger partial charge in [0.1, 0.15) is 6.61 Å². The highest BCUT2D eigenvalue weighted by Gasteiger charge is 2.31. The molecule has 8 nitrogen and oxygen atoms in total. The molecular formula is C33H48N4O4. The molecule has 2 aromatic rings. The van der Waals surface area contributed by atoms with E-state index in [-0.39, 0.29) is 31.6 Å². The van der Waals surface area contributed by atoms with Crippen LogP contribution in [0.2, 0.25) is 0 Å². The molecule has 0 aliphatic carbocycles. The number of benzene rings is 2. The molecule has 2 heterocycles. The Kier molecular flexibility index (Phi) is 12.5. The predicted molar refractivity (Wildman–Crippen MR) is 163 cm³/mol. The van der Waals surface area contributed by atoms with Gasteiger partial charge < -0.3 is 9.84 Å². The molecule has 0 spiro atoms. The van der Waals surface area contributed by atoms with Crippen molar-refractivity contribution in [2.24, 2.45) is 0 Å². The molecule has 2 saturated heterocycles. The maximum absolute atomic E-state index is 13.7. The van der Waals surface area contributed by atoms with Gasteiger partial charge in [-0.15, -0.1) is 0 Å². The zero-order valence-corrected chi connectivity index (χ0v) is 24.8. The highest BCUT2D eigenvalue weighted by molar-refractivity contribution is 5.93. The number of carbonyl (C=O) groups is 2. The number of aliphatic hydroxyl groups excluding tert-OH is 1. The van der Waals surface area contributed by atoms with Gasteiger partial charge in [-0.1, -0.05) is 81.1 Å². The van der Waals surface area contributed by atoms with Crippen molar-refractivity contribution in [3.05, 3.63) is 54.6 Å². The van der Waals surface area contributed by atoms with Gasteiger partial charge in [0.2, 0.25) is 5.91 Å². The molecule has 2 aliphatic rings. The summed E-state index contributed by atoms with van der Waals surface area (Å²) in [6.07, 6.45) is 9.76. The molecule has 1 atom stereocenters. The van der Waals surface area contributed by atoms with Crippen LogP contribution >= 0.6 is 0 Å².